The van der Waals surface area contributed by atoms with Gasteiger partial charge in [-0.25, -0.2) is 8.78 Å². The van der Waals surface area contributed by atoms with Gasteiger partial charge in [0.05, 0.1) is 11.1 Å². The quantitative estimate of drug-likeness (QED) is 0.560. The molecule has 128 valence electrons. The first kappa shape index (κ1) is 16.0. The zero-order chi connectivity index (χ0) is 18.1. The molecule has 0 bridgehead atoms. The molecule has 26 heavy (non-hydrogen) atoms. The molecule has 6 heteroatoms. The molecule has 0 aliphatic rings. The summed E-state index contributed by atoms with van der Waals surface area (Å²) in [5.74, 6) is -1.19. The van der Waals surface area contributed by atoms with Crippen molar-refractivity contribution in [3.05, 3.63) is 83.9 Å². The largest absolute Gasteiger partial charge is 0.304 e. The van der Waals surface area contributed by atoms with E-state index in [4.69, 9.17) is 0 Å². The van der Waals surface area contributed by atoms with Crippen LogP contribution in [-0.4, -0.2) is 16.1 Å². The average molecular weight is 349 g/mol. The number of hydrogen-bond acceptors (Lipinski definition) is 2. The van der Waals surface area contributed by atoms with E-state index in [-0.39, 0.29) is 11.4 Å². The molecule has 4 nitrogen and oxygen atoms in total. The number of halogens is 2. The number of hydrogen-bond donors (Lipinski definition) is 2. The lowest BCUT2D eigenvalue weighted by molar-refractivity contribution is 0.102. The summed E-state index contributed by atoms with van der Waals surface area (Å²) in [5.41, 5.74) is 2.17. The zero-order valence-corrected chi connectivity index (χ0v) is 13.5. The second-order valence-corrected chi connectivity index (χ2v) is 5.78. The fraction of sp³-hybridized carbons (Fsp3) is 0. The lowest BCUT2D eigenvalue weighted by Gasteiger charge is -2.05. The number of H-pyrrole nitrogens is 1. The van der Waals surface area contributed by atoms with E-state index in [0.29, 0.717) is 16.7 Å². The molecular formula is C20H13F2N3O. The molecule has 3 aromatic carbocycles. The van der Waals surface area contributed by atoms with Crippen molar-refractivity contribution in [2.24, 2.45) is 0 Å². The number of rotatable bonds is 3. The van der Waals surface area contributed by atoms with Crippen molar-refractivity contribution in [2.45, 2.75) is 0 Å². The minimum atomic E-state index is -0.599. The van der Waals surface area contributed by atoms with E-state index in [2.05, 4.69) is 15.5 Å². The third kappa shape index (κ3) is 2.93. The molecule has 0 aliphatic carbocycles. The summed E-state index contributed by atoms with van der Waals surface area (Å²) in [5, 5.41) is 10.2. The van der Waals surface area contributed by atoms with Crippen molar-refractivity contribution in [1.82, 2.24) is 10.2 Å². The van der Waals surface area contributed by atoms with Gasteiger partial charge in [-0.1, -0.05) is 30.3 Å². The maximum atomic E-state index is 13.7. The van der Waals surface area contributed by atoms with Crippen LogP contribution in [-0.2, 0) is 0 Å². The zero-order valence-electron chi connectivity index (χ0n) is 13.5. The molecule has 1 aromatic heterocycles. The molecule has 4 aromatic rings. The maximum absolute atomic E-state index is 13.7. The van der Waals surface area contributed by atoms with Gasteiger partial charge in [0.1, 0.15) is 11.6 Å². The molecule has 0 unspecified atom stereocenters. The Balaban J connectivity index is 1.66. The van der Waals surface area contributed by atoms with Crippen LogP contribution in [0.4, 0.5) is 14.6 Å². The first-order chi connectivity index (χ1) is 12.6. The predicted octanol–water partition coefficient (Wildman–Crippen LogP) is 4.76. The van der Waals surface area contributed by atoms with Crippen LogP contribution in [0.5, 0.6) is 0 Å². The maximum Gasteiger partial charge on any atom is 0.259 e. The standard InChI is InChI=1S/C20H13F2N3O/c21-14-5-3-4-12(10-14)13-8-9-16-18(11-13)24-25-19(16)23-20(26)15-6-1-2-7-17(15)22/h1-11H,(H2,23,24,25,26). The number of nitrogens with zero attached hydrogens (tertiary/aromatic N) is 1. The van der Waals surface area contributed by atoms with Crippen molar-refractivity contribution in [3.8, 4) is 11.1 Å². The SMILES string of the molecule is O=C(Nc1n[nH]c2cc(-c3cccc(F)c3)ccc12)c1ccccc1F. The monoisotopic (exact) mass is 349 g/mol. The first-order valence-corrected chi connectivity index (χ1v) is 7.92. The number of aromatic nitrogens is 2. The molecule has 0 atom stereocenters. The van der Waals surface area contributed by atoms with Gasteiger partial charge in [0.2, 0.25) is 0 Å². The second-order valence-electron chi connectivity index (χ2n) is 5.78. The summed E-state index contributed by atoms with van der Waals surface area (Å²) >= 11 is 0. The van der Waals surface area contributed by atoms with E-state index < -0.39 is 11.7 Å². The highest BCUT2D eigenvalue weighted by molar-refractivity contribution is 6.08. The van der Waals surface area contributed by atoms with E-state index in [1.54, 1.807) is 18.2 Å². The van der Waals surface area contributed by atoms with Gasteiger partial charge in [0.25, 0.3) is 5.91 Å². The van der Waals surface area contributed by atoms with E-state index in [1.807, 2.05) is 18.2 Å². The van der Waals surface area contributed by atoms with Crippen LogP contribution in [0, 0.1) is 11.6 Å². The number of anilines is 1. The topological polar surface area (TPSA) is 57.8 Å². The number of carbonyl (C=O) groups excluding carboxylic acids is 1. The molecule has 1 heterocycles. The third-order valence-corrected chi connectivity index (χ3v) is 4.07. The average Bonchev–Trinajstić information content (AvgIpc) is 3.04. The van der Waals surface area contributed by atoms with Crippen molar-refractivity contribution < 1.29 is 13.6 Å². The van der Waals surface area contributed by atoms with Crippen LogP contribution in [0.25, 0.3) is 22.0 Å². The van der Waals surface area contributed by atoms with Gasteiger partial charge in [0.15, 0.2) is 5.82 Å². The molecule has 0 saturated heterocycles. The molecule has 0 saturated carbocycles. The number of nitrogens with one attached hydrogen (secondary N) is 2. The van der Waals surface area contributed by atoms with Crippen LogP contribution >= 0.6 is 0 Å². The first-order valence-electron chi connectivity index (χ1n) is 7.92. The molecule has 2 N–H and O–H groups in total. The van der Waals surface area contributed by atoms with Crippen molar-refractivity contribution in [2.75, 3.05) is 5.32 Å². The van der Waals surface area contributed by atoms with Crippen molar-refractivity contribution in [1.29, 1.82) is 0 Å². The molecule has 0 radical (unpaired) electrons. The molecule has 0 fully saturated rings. The Hall–Kier alpha value is -3.54. The molecule has 0 spiro atoms. The summed E-state index contributed by atoms with van der Waals surface area (Å²) in [6, 6.07) is 17.4. The van der Waals surface area contributed by atoms with Crippen LogP contribution in [0.1, 0.15) is 10.4 Å². The minimum absolute atomic E-state index is 0.0555. The van der Waals surface area contributed by atoms with Gasteiger partial charge in [-0.05, 0) is 47.5 Å². The summed E-state index contributed by atoms with van der Waals surface area (Å²) in [4.78, 5) is 12.3. The van der Waals surface area contributed by atoms with E-state index in [1.165, 1.54) is 30.3 Å². The predicted molar refractivity (Wildman–Crippen MR) is 95.8 cm³/mol. The van der Waals surface area contributed by atoms with Gasteiger partial charge in [-0.3, -0.25) is 9.89 Å². The molecule has 4 rings (SSSR count). The van der Waals surface area contributed by atoms with Gasteiger partial charge in [-0.15, -0.1) is 0 Å². The Bertz CT molecular complexity index is 1120. The van der Waals surface area contributed by atoms with E-state index >= 15 is 0 Å². The van der Waals surface area contributed by atoms with Gasteiger partial charge in [-0.2, -0.15) is 5.10 Å². The highest BCUT2D eigenvalue weighted by Crippen LogP contribution is 2.27. The van der Waals surface area contributed by atoms with E-state index in [9.17, 15) is 13.6 Å². The summed E-state index contributed by atoms with van der Waals surface area (Å²) in [6.07, 6.45) is 0. The Kier molecular flexibility index (Phi) is 3.93. The highest BCUT2D eigenvalue weighted by Gasteiger charge is 2.14. The summed E-state index contributed by atoms with van der Waals surface area (Å²) in [6.45, 7) is 0. The number of amides is 1. The Morgan fingerprint density at radius 3 is 2.54 bits per heavy atom. The fourth-order valence-corrected chi connectivity index (χ4v) is 2.78. The van der Waals surface area contributed by atoms with Crippen LogP contribution < -0.4 is 5.32 Å². The van der Waals surface area contributed by atoms with Crippen molar-refractivity contribution >= 4 is 22.6 Å². The van der Waals surface area contributed by atoms with Crippen LogP contribution in [0.3, 0.4) is 0 Å². The summed E-state index contributed by atoms with van der Waals surface area (Å²) < 4.78 is 27.1. The van der Waals surface area contributed by atoms with Crippen LogP contribution in [0.15, 0.2) is 66.7 Å². The Morgan fingerprint density at radius 2 is 1.73 bits per heavy atom. The lowest BCUT2D eigenvalue weighted by atomic mass is 10.0. The molecule has 1 amide bonds. The lowest BCUT2D eigenvalue weighted by Crippen LogP contribution is -2.14. The van der Waals surface area contributed by atoms with Crippen LogP contribution in [0.2, 0.25) is 0 Å². The number of fused-ring (bicyclic) bond motifs is 1. The third-order valence-electron chi connectivity index (χ3n) is 4.07. The smallest absolute Gasteiger partial charge is 0.259 e. The Labute approximate surface area is 147 Å². The van der Waals surface area contributed by atoms with Gasteiger partial charge < -0.3 is 5.32 Å². The normalized spacial score (nSPS) is 10.8. The van der Waals surface area contributed by atoms with Gasteiger partial charge >= 0.3 is 0 Å². The minimum Gasteiger partial charge on any atom is -0.304 e. The number of benzene rings is 3. The number of aromatic amines is 1. The second kappa shape index (κ2) is 6.40. The van der Waals surface area contributed by atoms with E-state index in [0.717, 1.165) is 11.1 Å². The fourth-order valence-electron chi connectivity index (χ4n) is 2.78. The molecular weight excluding hydrogens is 336 g/mol. The highest BCUT2D eigenvalue weighted by atomic mass is 19.1. The van der Waals surface area contributed by atoms with Gasteiger partial charge in [0, 0.05) is 5.39 Å². The Morgan fingerprint density at radius 1 is 0.923 bits per heavy atom. The summed E-state index contributed by atoms with van der Waals surface area (Å²) in [7, 11) is 0. The molecule has 0 aliphatic heterocycles. The van der Waals surface area contributed by atoms with Crippen molar-refractivity contribution in [3.63, 3.8) is 0 Å². The number of carbonyl (C=O) groups is 1.